The van der Waals surface area contributed by atoms with Crippen molar-refractivity contribution < 1.29 is 4.42 Å². The van der Waals surface area contributed by atoms with E-state index in [0.717, 1.165) is 18.4 Å². The predicted octanol–water partition coefficient (Wildman–Crippen LogP) is 3.88. The Morgan fingerprint density at radius 3 is 2.50 bits per heavy atom. The lowest BCUT2D eigenvalue weighted by molar-refractivity contribution is 0.566. The molecule has 1 aromatic heterocycles. The van der Waals surface area contributed by atoms with Crippen molar-refractivity contribution in [1.82, 2.24) is 5.73 Å². The zero-order valence-electron chi connectivity index (χ0n) is 8.96. The third kappa shape index (κ3) is 3.86. The second kappa shape index (κ2) is 6.52. The summed E-state index contributed by atoms with van der Waals surface area (Å²) in [6.07, 6.45) is 10.2. The van der Waals surface area contributed by atoms with Gasteiger partial charge < -0.3 is 4.42 Å². The second-order valence-corrected chi connectivity index (χ2v) is 3.77. The molecule has 2 heteroatoms. The quantitative estimate of drug-likeness (QED) is 0.605. The van der Waals surface area contributed by atoms with Crippen LogP contribution in [-0.4, -0.2) is 0 Å². The minimum Gasteiger partial charge on any atom is -0.445 e. The van der Waals surface area contributed by atoms with E-state index >= 15 is 0 Å². The van der Waals surface area contributed by atoms with E-state index in [1.165, 1.54) is 32.1 Å². The number of aryl methyl sites for hydroxylation is 1. The van der Waals surface area contributed by atoms with Crippen LogP contribution in [0.2, 0.25) is 0 Å². The molecule has 1 rings (SSSR count). The summed E-state index contributed by atoms with van der Waals surface area (Å²) in [5, 5.41) is 0. The topological polar surface area (TPSA) is 35.4 Å². The molecule has 2 radical (unpaired) electrons. The van der Waals surface area contributed by atoms with E-state index in [2.05, 4.69) is 6.92 Å². The van der Waals surface area contributed by atoms with Crippen molar-refractivity contribution in [3.63, 3.8) is 0 Å². The molecule has 0 fully saturated rings. The SMILES string of the molecule is CCCCCCCCc1ccoc1[N]. The lowest BCUT2D eigenvalue weighted by atomic mass is 10.1. The molecule has 0 atom stereocenters. The molecule has 1 aromatic rings. The highest BCUT2D eigenvalue weighted by Gasteiger charge is 2.02. The lowest BCUT2D eigenvalue weighted by Crippen LogP contribution is -1.85. The first-order valence-electron chi connectivity index (χ1n) is 5.60. The molecule has 0 amide bonds. The van der Waals surface area contributed by atoms with E-state index in [9.17, 15) is 5.73 Å². The molecule has 0 saturated carbocycles. The summed E-state index contributed by atoms with van der Waals surface area (Å²) in [5.41, 5.74) is 10.2. The van der Waals surface area contributed by atoms with Crippen LogP contribution >= 0.6 is 0 Å². The highest BCUT2D eigenvalue weighted by atomic mass is 16.3. The summed E-state index contributed by atoms with van der Waals surface area (Å²) >= 11 is 0. The molecular weight excluding hydrogens is 174 g/mol. The summed E-state index contributed by atoms with van der Waals surface area (Å²) in [6.45, 7) is 2.23. The van der Waals surface area contributed by atoms with Gasteiger partial charge in [0.25, 0.3) is 0 Å². The van der Waals surface area contributed by atoms with E-state index in [1.54, 1.807) is 6.26 Å². The number of rotatable bonds is 7. The van der Waals surface area contributed by atoms with Gasteiger partial charge in [-0.25, -0.2) is 0 Å². The van der Waals surface area contributed by atoms with Crippen molar-refractivity contribution in [2.75, 3.05) is 0 Å². The van der Waals surface area contributed by atoms with Gasteiger partial charge in [-0.15, -0.1) is 5.73 Å². The lowest BCUT2D eigenvalue weighted by Gasteiger charge is -1.99. The summed E-state index contributed by atoms with van der Waals surface area (Å²) < 4.78 is 4.82. The Kier molecular flexibility index (Phi) is 5.20. The summed E-state index contributed by atoms with van der Waals surface area (Å²) in [7, 11) is 0. The Labute approximate surface area is 86.5 Å². The first kappa shape index (κ1) is 11.2. The van der Waals surface area contributed by atoms with Gasteiger partial charge in [-0.2, -0.15) is 0 Å². The Bertz CT molecular complexity index is 242. The van der Waals surface area contributed by atoms with Crippen molar-refractivity contribution >= 4 is 5.88 Å². The largest absolute Gasteiger partial charge is 0.445 e. The number of hydrogen-bond donors (Lipinski definition) is 0. The minimum atomic E-state index is 0.0959. The first-order valence-corrected chi connectivity index (χ1v) is 5.60. The summed E-state index contributed by atoms with van der Waals surface area (Å²) in [6, 6.07) is 1.85. The number of nitrogens with zero attached hydrogens (tertiary/aromatic N) is 1. The zero-order chi connectivity index (χ0) is 10.2. The number of unbranched alkanes of at least 4 members (excludes halogenated alkanes) is 5. The van der Waals surface area contributed by atoms with Crippen molar-refractivity contribution in [2.24, 2.45) is 0 Å². The van der Waals surface area contributed by atoms with Gasteiger partial charge in [0.1, 0.15) is 0 Å². The predicted molar refractivity (Wildman–Crippen MR) is 57.6 cm³/mol. The van der Waals surface area contributed by atoms with Gasteiger partial charge in [0.2, 0.25) is 5.88 Å². The number of furan rings is 1. The summed E-state index contributed by atoms with van der Waals surface area (Å²) in [4.78, 5) is 0. The van der Waals surface area contributed by atoms with Crippen molar-refractivity contribution in [1.29, 1.82) is 0 Å². The zero-order valence-corrected chi connectivity index (χ0v) is 8.96. The maximum absolute atomic E-state index is 9.22. The van der Waals surface area contributed by atoms with Gasteiger partial charge >= 0.3 is 0 Å². The van der Waals surface area contributed by atoms with Crippen LogP contribution in [0.25, 0.3) is 0 Å². The maximum atomic E-state index is 9.22. The normalized spacial score (nSPS) is 10.6. The first-order chi connectivity index (χ1) is 6.84. The molecule has 78 valence electrons. The molecule has 0 N–H and O–H groups in total. The average molecular weight is 193 g/mol. The van der Waals surface area contributed by atoms with Crippen LogP contribution in [0.15, 0.2) is 16.7 Å². The fourth-order valence-corrected chi connectivity index (χ4v) is 1.61. The highest BCUT2D eigenvalue weighted by molar-refractivity contribution is 5.31. The molecule has 0 aliphatic carbocycles. The molecule has 1 heterocycles. The minimum absolute atomic E-state index is 0.0959. The molecule has 0 unspecified atom stereocenters. The smallest absolute Gasteiger partial charge is 0.241 e. The molecular formula is C12H19NO. The van der Waals surface area contributed by atoms with E-state index < -0.39 is 0 Å². The average Bonchev–Trinajstić information content (AvgIpc) is 2.58. The van der Waals surface area contributed by atoms with E-state index in [1.807, 2.05) is 6.07 Å². The van der Waals surface area contributed by atoms with Gasteiger partial charge in [-0.1, -0.05) is 39.0 Å². The van der Waals surface area contributed by atoms with Crippen LogP contribution < -0.4 is 5.73 Å². The van der Waals surface area contributed by atoms with E-state index in [4.69, 9.17) is 4.42 Å². The molecule has 0 saturated heterocycles. The van der Waals surface area contributed by atoms with Crippen LogP contribution in [0.1, 0.15) is 51.0 Å². The van der Waals surface area contributed by atoms with E-state index in [-0.39, 0.29) is 5.88 Å². The molecule has 0 aromatic carbocycles. The molecule has 0 bridgehead atoms. The second-order valence-electron chi connectivity index (χ2n) is 3.77. The Balaban J connectivity index is 2.02. The molecule has 0 aliphatic heterocycles. The monoisotopic (exact) mass is 193 g/mol. The Hall–Kier alpha value is -0.920. The molecule has 2 nitrogen and oxygen atoms in total. The fourth-order valence-electron chi connectivity index (χ4n) is 1.61. The van der Waals surface area contributed by atoms with Crippen LogP contribution in [0.4, 0.5) is 5.88 Å². The van der Waals surface area contributed by atoms with Crippen LogP contribution in [0, 0.1) is 0 Å². The van der Waals surface area contributed by atoms with Crippen molar-refractivity contribution in [3.05, 3.63) is 17.9 Å². The van der Waals surface area contributed by atoms with Crippen LogP contribution in [0.3, 0.4) is 0 Å². The van der Waals surface area contributed by atoms with Crippen molar-refractivity contribution in [3.8, 4) is 0 Å². The highest BCUT2D eigenvalue weighted by Crippen LogP contribution is 2.17. The Morgan fingerprint density at radius 2 is 1.86 bits per heavy atom. The van der Waals surface area contributed by atoms with Gasteiger partial charge in [0.15, 0.2) is 0 Å². The van der Waals surface area contributed by atoms with Gasteiger partial charge in [-0.05, 0) is 18.9 Å². The summed E-state index contributed by atoms with van der Waals surface area (Å²) in [5.74, 6) is 0.0959. The fraction of sp³-hybridized carbons (Fsp3) is 0.667. The van der Waals surface area contributed by atoms with Crippen LogP contribution in [-0.2, 0) is 6.42 Å². The number of hydrogen-bond acceptors (Lipinski definition) is 1. The standard InChI is InChI=1S/C12H19NO/c1-2-3-4-5-6-7-8-11-9-10-14-12(11)13/h9-10H,2-8H2,1H3. The Morgan fingerprint density at radius 1 is 1.14 bits per heavy atom. The van der Waals surface area contributed by atoms with Gasteiger partial charge in [0, 0.05) is 5.56 Å². The third-order valence-corrected chi connectivity index (χ3v) is 2.52. The van der Waals surface area contributed by atoms with Gasteiger partial charge in [0.05, 0.1) is 6.26 Å². The maximum Gasteiger partial charge on any atom is 0.241 e. The van der Waals surface area contributed by atoms with Crippen LogP contribution in [0.5, 0.6) is 0 Å². The molecule has 14 heavy (non-hydrogen) atoms. The third-order valence-electron chi connectivity index (χ3n) is 2.52. The van der Waals surface area contributed by atoms with Crippen molar-refractivity contribution in [2.45, 2.75) is 51.9 Å². The van der Waals surface area contributed by atoms with E-state index in [0.29, 0.717) is 0 Å². The van der Waals surface area contributed by atoms with Gasteiger partial charge in [-0.3, -0.25) is 0 Å². The molecule has 0 aliphatic rings. The molecule has 0 spiro atoms.